The normalized spacial score (nSPS) is 16.6. The van der Waals surface area contributed by atoms with Gasteiger partial charge in [0.25, 0.3) is 0 Å². The first kappa shape index (κ1) is 19.4. The van der Waals surface area contributed by atoms with Crippen LogP contribution >= 0.6 is 0 Å². The Bertz CT molecular complexity index is 540. The molecule has 8 heteroatoms. The molecule has 1 aliphatic rings. The van der Waals surface area contributed by atoms with Crippen LogP contribution in [0, 0.1) is 0 Å². The van der Waals surface area contributed by atoms with Gasteiger partial charge in [-0.15, -0.1) is 13.2 Å². The molecule has 1 N–H and O–H groups in total. The Balaban J connectivity index is 1.68. The smallest absolute Gasteiger partial charge is 0.490 e. The summed E-state index contributed by atoms with van der Waals surface area (Å²) in [6, 6.07) is 5.42. The van der Waals surface area contributed by atoms with Gasteiger partial charge in [0.1, 0.15) is 17.6 Å². The van der Waals surface area contributed by atoms with Crippen molar-refractivity contribution in [3.05, 3.63) is 24.3 Å². The third-order valence-corrected chi connectivity index (χ3v) is 4.01. The lowest BCUT2D eigenvalue weighted by Gasteiger charge is -2.32. The lowest BCUT2D eigenvalue weighted by atomic mass is 10.1. The SMILES string of the molecule is O=C(O)CCCCN1CCC(Oc2ccc(OC(F)(F)F)cc2)CC1. The molecule has 0 radical (unpaired) electrons. The van der Waals surface area contributed by atoms with Crippen molar-refractivity contribution in [2.24, 2.45) is 0 Å². The van der Waals surface area contributed by atoms with Crippen LogP contribution in [0.25, 0.3) is 0 Å². The van der Waals surface area contributed by atoms with Crippen molar-refractivity contribution in [2.75, 3.05) is 19.6 Å². The van der Waals surface area contributed by atoms with Crippen LogP contribution in [0.1, 0.15) is 32.1 Å². The zero-order valence-corrected chi connectivity index (χ0v) is 13.8. The average molecular weight is 361 g/mol. The molecule has 140 valence electrons. The van der Waals surface area contributed by atoms with Crippen molar-refractivity contribution in [1.82, 2.24) is 4.90 Å². The number of likely N-dealkylation sites (tertiary alicyclic amines) is 1. The molecule has 0 atom stereocenters. The van der Waals surface area contributed by atoms with Gasteiger partial charge in [-0.25, -0.2) is 0 Å². The van der Waals surface area contributed by atoms with Gasteiger partial charge in [-0.05, 0) is 56.5 Å². The van der Waals surface area contributed by atoms with E-state index >= 15 is 0 Å². The van der Waals surface area contributed by atoms with Gasteiger partial charge in [-0.1, -0.05) is 0 Å². The largest absolute Gasteiger partial charge is 0.573 e. The fourth-order valence-electron chi connectivity index (χ4n) is 2.77. The number of piperidine rings is 1. The van der Waals surface area contributed by atoms with E-state index in [-0.39, 0.29) is 18.3 Å². The van der Waals surface area contributed by atoms with E-state index in [0.29, 0.717) is 12.2 Å². The number of rotatable bonds is 8. The fourth-order valence-corrected chi connectivity index (χ4v) is 2.77. The second-order valence-corrected chi connectivity index (χ2v) is 6.03. The number of alkyl halides is 3. The maximum absolute atomic E-state index is 12.1. The highest BCUT2D eigenvalue weighted by molar-refractivity contribution is 5.66. The monoisotopic (exact) mass is 361 g/mol. The maximum Gasteiger partial charge on any atom is 0.573 e. The molecular weight excluding hydrogens is 339 g/mol. The molecule has 1 heterocycles. The topological polar surface area (TPSA) is 59.0 Å². The van der Waals surface area contributed by atoms with E-state index in [1.54, 1.807) is 0 Å². The van der Waals surface area contributed by atoms with Gasteiger partial charge < -0.3 is 19.5 Å². The second-order valence-electron chi connectivity index (χ2n) is 6.03. The van der Waals surface area contributed by atoms with E-state index in [4.69, 9.17) is 9.84 Å². The number of aliphatic carboxylic acids is 1. The molecule has 1 saturated heterocycles. The summed E-state index contributed by atoms with van der Waals surface area (Å²) < 4.78 is 46.0. The third kappa shape index (κ3) is 7.64. The van der Waals surface area contributed by atoms with E-state index in [1.165, 1.54) is 24.3 Å². The molecule has 0 spiro atoms. The molecule has 1 fully saturated rings. The van der Waals surface area contributed by atoms with Crippen LogP contribution in [0.2, 0.25) is 0 Å². The zero-order chi connectivity index (χ0) is 18.3. The molecule has 0 aromatic heterocycles. The van der Waals surface area contributed by atoms with Gasteiger partial charge in [0, 0.05) is 19.5 Å². The maximum atomic E-state index is 12.1. The van der Waals surface area contributed by atoms with E-state index in [2.05, 4.69) is 9.64 Å². The Kier molecular flexibility index (Phi) is 6.92. The van der Waals surface area contributed by atoms with Crippen LogP contribution in [0.4, 0.5) is 13.2 Å². The molecule has 0 unspecified atom stereocenters. The summed E-state index contributed by atoms with van der Waals surface area (Å²) in [7, 11) is 0. The molecule has 25 heavy (non-hydrogen) atoms. The van der Waals surface area contributed by atoms with E-state index in [1.807, 2.05) is 0 Å². The summed E-state index contributed by atoms with van der Waals surface area (Å²) in [6.07, 6.45) is -1.26. The molecule has 0 amide bonds. The Hall–Kier alpha value is -1.96. The van der Waals surface area contributed by atoms with Crippen LogP contribution in [0.3, 0.4) is 0 Å². The zero-order valence-electron chi connectivity index (χ0n) is 13.8. The van der Waals surface area contributed by atoms with Gasteiger partial charge >= 0.3 is 12.3 Å². The Labute approximate surface area is 144 Å². The highest BCUT2D eigenvalue weighted by Gasteiger charge is 2.31. The first-order valence-electron chi connectivity index (χ1n) is 8.28. The average Bonchev–Trinajstić information content (AvgIpc) is 2.53. The summed E-state index contributed by atoms with van der Waals surface area (Å²) in [6.45, 7) is 2.61. The number of nitrogens with zero attached hydrogens (tertiary/aromatic N) is 1. The van der Waals surface area contributed by atoms with Gasteiger partial charge in [0.05, 0.1) is 0 Å². The van der Waals surface area contributed by atoms with Gasteiger partial charge in [0.2, 0.25) is 0 Å². The van der Waals surface area contributed by atoms with Crippen LogP contribution in [-0.2, 0) is 4.79 Å². The van der Waals surface area contributed by atoms with Crippen molar-refractivity contribution in [3.63, 3.8) is 0 Å². The lowest BCUT2D eigenvalue weighted by molar-refractivity contribution is -0.274. The van der Waals surface area contributed by atoms with E-state index in [9.17, 15) is 18.0 Å². The Morgan fingerprint density at radius 1 is 1.12 bits per heavy atom. The van der Waals surface area contributed by atoms with E-state index < -0.39 is 12.3 Å². The highest BCUT2D eigenvalue weighted by Crippen LogP contribution is 2.26. The van der Waals surface area contributed by atoms with Gasteiger partial charge in [-0.3, -0.25) is 4.79 Å². The molecule has 1 aromatic rings. The number of carboxylic acid groups (broad SMARTS) is 1. The van der Waals surface area contributed by atoms with E-state index in [0.717, 1.165) is 38.9 Å². The predicted molar refractivity (Wildman–Crippen MR) is 84.7 cm³/mol. The summed E-state index contributed by atoms with van der Waals surface area (Å²) in [5.74, 6) is -0.510. The number of carbonyl (C=O) groups is 1. The number of carboxylic acids is 1. The summed E-state index contributed by atoms with van der Waals surface area (Å²) in [4.78, 5) is 12.7. The number of halogens is 3. The van der Waals surface area contributed by atoms with Crippen LogP contribution in [-0.4, -0.2) is 48.1 Å². The fraction of sp³-hybridized carbons (Fsp3) is 0.588. The first-order valence-corrected chi connectivity index (χ1v) is 8.28. The molecule has 0 saturated carbocycles. The molecule has 1 aromatic carbocycles. The first-order chi connectivity index (χ1) is 11.8. The summed E-state index contributed by atoms with van der Waals surface area (Å²) in [5, 5.41) is 8.60. The summed E-state index contributed by atoms with van der Waals surface area (Å²) in [5.41, 5.74) is 0. The predicted octanol–water partition coefficient (Wildman–Crippen LogP) is 3.68. The molecular formula is C17H22F3NO4. The highest BCUT2D eigenvalue weighted by atomic mass is 19.4. The number of unbranched alkanes of at least 4 members (excludes halogenated alkanes) is 1. The molecule has 5 nitrogen and oxygen atoms in total. The van der Waals surface area contributed by atoms with Crippen LogP contribution < -0.4 is 9.47 Å². The van der Waals surface area contributed by atoms with Gasteiger partial charge in [-0.2, -0.15) is 0 Å². The van der Waals surface area contributed by atoms with Crippen LogP contribution in [0.5, 0.6) is 11.5 Å². The van der Waals surface area contributed by atoms with Crippen molar-refractivity contribution in [3.8, 4) is 11.5 Å². The molecule has 0 aliphatic carbocycles. The Morgan fingerprint density at radius 3 is 2.28 bits per heavy atom. The molecule has 0 bridgehead atoms. The second kappa shape index (κ2) is 8.94. The lowest BCUT2D eigenvalue weighted by Crippen LogP contribution is -2.38. The number of hydrogen-bond acceptors (Lipinski definition) is 4. The van der Waals surface area contributed by atoms with Crippen LogP contribution in [0.15, 0.2) is 24.3 Å². The quantitative estimate of drug-likeness (QED) is 0.716. The number of ether oxygens (including phenoxy) is 2. The van der Waals surface area contributed by atoms with Crippen molar-refractivity contribution in [2.45, 2.75) is 44.6 Å². The third-order valence-electron chi connectivity index (χ3n) is 4.01. The number of benzene rings is 1. The minimum atomic E-state index is -4.69. The minimum Gasteiger partial charge on any atom is -0.490 e. The molecule has 1 aliphatic heterocycles. The number of hydrogen-bond donors (Lipinski definition) is 1. The minimum absolute atomic E-state index is 0.0321. The van der Waals surface area contributed by atoms with Crippen molar-refractivity contribution in [1.29, 1.82) is 0 Å². The standard InChI is InChI=1S/C17H22F3NO4/c18-17(19,20)25-15-6-4-13(5-7-15)24-14-8-11-21(12-9-14)10-2-1-3-16(22)23/h4-7,14H,1-3,8-12H2,(H,22,23). The summed E-state index contributed by atoms with van der Waals surface area (Å²) >= 11 is 0. The van der Waals surface area contributed by atoms with Gasteiger partial charge in [0.15, 0.2) is 0 Å². The van der Waals surface area contributed by atoms with Crippen molar-refractivity contribution >= 4 is 5.97 Å². The Morgan fingerprint density at radius 2 is 1.72 bits per heavy atom. The van der Waals surface area contributed by atoms with Crippen molar-refractivity contribution < 1.29 is 32.5 Å². The molecule has 2 rings (SSSR count).